The number of amides is 1. The Hall–Kier alpha value is -1.67. The second kappa shape index (κ2) is 11.8. The van der Waals surface area contributed by atoms with Crippen molar-refractivity contribution in [3.63, 3.8) is 0 Å². The molecule has 1 amide bonds. The van der Waals surface area contributed by atoms with E-state index >= 15 is 0 Å². The summed E-state index contributed by atoms with van der Waals surface area (Å²) in [6.45, 7) is 2.70. The molecule has 2 heterocycles. The van der Waals surface area contributed by atoms with Crippen LogP contribution in [0.5, 0.6) is 0 Å². The van der Waals surface area contributed by atoms with Gasteiger partial charge in [-0.3, -0.25) is 9.36 Å². The zero-order valence-electron chi connectivity index (χ0n) is 12.8. The molecule has 0 saturated carbocycles. The Morgan fingerprint density at radius 3 is 2.70 bits per heavy atom. The van der Waals surface area contributed by atoms with E-state index < -0.39 is 0 Å². The fourth-order valence-electron chi connectivity index (χ4n) is 1.73. The Bertz CT molecular complexity index is 549. The van der Waals surface area contributed by atoms with Crippen LogP contribution in [0.3, 0.4) is 0 Å². The van der Waals surface area contributed by atoms with Crippen LogP contribution in [-0.4, -0.2) is 53.8 Å². The van der Waals surface area contributed by atoms with E-state index in [0.717, 1.165) is 12.4 Å². The number of rotatable bonds is 8. The third kappa shape index (κ3) is 6.96. The summed E-state index contributed by atoms with van der Waals surface area (Å²) in [6.07, 6.45) is 6.70. The molecule has 9 heteroatoms. The monoisotopic (exact) mass is 361 g/mol. The molecule has 0 aliphatic rings. The topological polar surface area (TPSA) is 81.1 Å². The molecule has 0 fully saturated rings. The SMILES string of the molecule is COCCNCCNC(=O)c1ccc(-n2ccnc2)nc1.Cl.Cl. The third-order valence-electron chi connectivity index (χ3n) is 2.85. The molecule has 0 aromatic carbocycles. The number of pyridine rings is 1. The van der Waals surface area contributed by atoms with Gasteiger partial charge in [0.05, 0.1) is 12.2 Å². The normalized spacial score (nSPS) is 9.61. The molecular weight excluding hydrogens is 341 g/mol. The molecule has 2 rings (SSSR count). The second-order valence-corrected chi connectivity index (χ2v) is 4.37. The van der Waals surface area contributed by atoms with Gasteiger partial charge in [0.1, 0.15) is 12.1 Å². The summed E-state index contributed by atoms with van der Waals surface area (Å²) in [5, 5.41) is 5.98. The number of methoxy groups -OCH3 is 1. The number of hydrogen-bond donors (Lipinski definition) is 2. The minimum atomic E-state index is -0.131. The van der Waals surface area contributed by atoms with E-state index in [1.54, 1.807) is 48.7 Å². The highest BCUT2D eigenvalue weighted by Gasteiger charge is 2.05. The molecule has 0 bridgehead atoms. The van der Waals surface area contributed by atoms with Crippen molar-refractivity contribution in [1.82, 2.24) is 25.2 Å². The molecule has 2 aromatic heterocycles. The van der Waals surface area contributed by atoms with Crippen LogP contribution in [0.15, 0.2) is 37.1 Å². The maximum Gasteiger partial charge on any atom is 0.252 e. The number of halogens is 2. The van der Waals surface area contributed by atoms with E-state index in [4.69, 9.17) is 4.74 Å². The van der Waals surface area contributed by atoms with E-state index in [9.17, 15) is 4.79 Å². The lowest BCUT2D eigenvalue weighted by molar-refractivity contribution is 0.0953. The lowest BCUT2D eigenvalue weighted by Crippen LogP contribution is -2.33. The highest BCUT2D eigenvalue weighted by molar-refractivity contribution is 5.93. The number of nitrogens with one attached hydrogen (secondary N) is 2. The van der Waals surface area contributed by atoms with Crippen LogP contribution in [0.2, 0.25) is 0 Å². The summed E-state index contributed by atoms with van der Waals surface area (Å²) in [7, 11) is 1.66. The van der Waals surface area contributed by atoms with Crippen molar-refractivity contribution in [3.05, 3.63) is 42.6 Å². The van der Waals surface area contributed by atoms with Crippen LogP contribution in [-0.2, 0) is 4.74 Å². The van der Waals surface area contributed by atoms with Crippen molar-refractivity contribution in [1.29, 1.82) is 0 Å². The van der Waals surface area contributed by atoms with Crippen LogP contribution in [0.25, 0.3) is 5.82 Å². The van der Waals surface area contributed by atoms with E-state index in [1.165, 1.54) is 0 Å². The van der Waals surface area contributed by atoms with Gasteiger partial charge >= 0.3 is 0 Å². The lowest BCUT2D eigenvalue weighted by atomic mass is 10.2. The van der Waals surface area contributed by atoms with Crippen molar-refractivity contribution in [2.45, 2.75) is 0 Å². The maximum absolute atomic E-state index is 11.9. The van der Waals surface area contributed by atoms with Crippen molar-refractivity contribution in [2.75, 3.05) is 33.4 Å². The summed E-state index contributed by atoms with van der Waals surface area (Å²) < 4.78 is 6.70. The number of aromatic nitrogens is 3. The van der Waals surface area contributed by atoms with Crippen molar-refractivity contribution < 1.29 is 9.53 Å². The van der Waals surface area contributed by atoms with E-state index in [2.05, 4.69) is 20.6 Å². The number of nitrogens with zero attached hydrogens (tertiary/aromatic N) is 3. The minimum Gasteiger partial charge on any atom is -0.383 e. The van der Waals surface area contributed by atoms with Crippen LogP contribution in [0.1, 0.15) is 10.4 Å². The minimum absolute atomic E-state index is 0. The van der Waals surface area contributed by atoms with E-state index in [1.807, 2.05) is 0 Å². The first-order valence-electron chi connectivity index (χ1n) is 6.73. The van der Waals surface area contributed by atoms with Crippen LogP contribution in [0.4, 0.5) is 0 Å². The Morgan fingerprint density at radius 1 is 1.26 bits per heavy atom. The Balaban J connectivity index is 0.00000242. The Labute approximate surface area is 147 Å². The molecule has 2 aromatic rings. The summed E-state index contributed by atoms with van der Waals surface area (Å²) in [5.41, 5.74) is 0.538. The zero-order valence-corrected chi connectivity index (χ0v) is 14.4. The predicted molar refractivity (Wildman–Crippen MR) is 92.9 cm³/mol. The fourth-order valence-corrected chi connectivity index (χ4v) is 1.73. The molecule has 0 aliphatic heterocycles. The van der Waals surface area contributed by atoms with Crippen LogP contribution < -0.4 is 10.6 Å². The smallest absolute Gasteiger partial charge is 0.252 e. The molecule has 0 saturated heterocycles. The molecule has 0 unspecified atom stereocenters. The molecule has 2 N–H and O–H groups in total. The van der Waals surface area contributed by atoms with Gasteiger partial charge in [-0.1, -0.05) is 0 Å². The quantitative estimate of drug-likeness (QED) is 0.687. The van der Waals surface area contributed by atoms with Crippen molar-refractivity contribution >= 4 is 30.7 Å². The van der Waals surface area contributed by atoms with Gasteiger partial charge in [0.15, 0.2) is 0 Å². The van der Waals surface area contributed by atoms with Gasteiger partial charge in [-0.05, 0) is 12.1 Å². The van der Waals surface area contributed by atoms with E-state index in [-0.39, 0.29) is 30.7 Å². The molecule has 0 atom stereocenters. The number of carbonyl (C=O) groups is 1. The standard InChI is InChI=1S/C14H19N5O2.2ClH/c1-21-9-7-15-4-5-17-14(20)12-2-3-13(18-10-12)19-8-6-16-11-19;;/h2-3,6,8,10-11,15H,4-5,7,9H2,1H3,(H,17,20);2*1H. The molecule has 23 heavy (non-hydrogen) atoms. The molecular formula is C14H21Cl2N5O2. The number of hydrogen-bond acceptors (Lipinski definition) is 5. The first-order chi connectivity index (χ1) is 10.3. The van der Waals surface area contributed by atoms with Gasteiger partial charge in [-0.25, -0.2) is 9.97 Å². The lowest BCUT2D eigenvalue weighted by Gasteiger charge is -2.07. The zero-order chi connectivity index (χ0) is 14.9. The maximum atomic E-state index is 11.9. The molecule has 0 radical (unpaired) electrons. The van der Waals surface area contributed by atoms with Gasteiger partial charge in [0.2, 0.25) is 0 Å². The van der Waals surface area contributed by atoms with Crippen LogP contribution in [0, 0.1) is 0 Å². The highest BCUT2D eigenvalue weighted by atomic mass is 35.5. The number of imidazole rings is 1. The van der Waals surface area contributed by atoms with Gasteiger partial charge in [0, 0.05) is 45.3 Å². The summed E-state index contributed by atoms with van der Waals surface area (Å²) >= 11 is 0. The van der Waals surface area contributed by atoms with Gasteiger partial charge in [-0.2, -0.15) is 0 Å². The van der Waals surface area contributed by atoms with Crippen molar-refractivity contribution in [3.8, 4) is 5.82 Å². The first-order valence-corrected chi connectivity index (χ1v) is 6.73. The molecule has 0 spiro atoms. The van der Waals surface area contributed by atoms with Crippen molar-refractivity contribution in [2.24, 2.45) is 0 Å². The van der Waals surface area contributed by atoms with Gasteiger partial charge < -0.3 is 15.4 Å². The first kappa shape index (κ1) is 21.3. The molecule has 7 nitrogen and oxygen atoms in total. The third-order valence-corrected chi connectivity index (χ3v) is 2.85. The van der Waals surface area contributed by atoms with E-state index in [0.29, 0.717) is 25.3 Å². The summed E-state index contributed by atoms with van der Waals surface area (Å²) in [4.78, 5) is 20.1. The predicted octanol–water partition coefficient (Wildman–Crippen LogP) is 1.08. The second-order valence-electron chi connectivity index (χ2n) is 4.37. The Kier molecular flexibility index (Phi) is 11.0. The van der Waals surface area contributed by atoms with Gasteiger partial charge in [-0.15, -0.1) is 24.8 Å². The summed E-state index contributed by atoms with van der Waals surface area (Å²) in [6, 6.07) is 3.53. The fraction of sp³-hybridized carbons (Fsp3) is 0.357. The highest BCUT2D eigenvalue weighted by Crippen LogP contribution is 2.05. The largest absolute Gasteiger partial charge is 0.383 e. The van der Waals surface area contributed by atoms with Crippen LogP contribution >= 0.6 is 24.8 Å². The summed E-state index contributed by atoms with van der Waals surface area (Å²) in [5.74, 6) is 0.596. The average molecular weight is 362 g/mol. The number of ether oxygens (including phenoxy) is 1. The molecule has 128 valence electrons. The number of carbonyl (C=O) groups excluding carboxylic acids is 1. The average Bonchev–Trinajstić information content (AvgIpc) is 3.05. The van der Waals surface area contributed by atoms with Gasteiger partial charge in [0.25, 0.3) is 5.91 Å². The molecule has 0 aliphatic carbocycles. The Morgan fingerprint density at radius 2 is 2.09 bits per heavy atom.